The molecule has 2 aromatic carbocycles. The summed E-state index contributed by atoms with van der Waals surface area (Å²) >= 11 is 0. The van der Waals surface area contributed by atoms with E-state index in [1.807, 2.05) is 42.5 Å². The number of hydrogen-bond donors (Lipinski definition) is 1. The Hall–Kier alpha value is -2.68. The van der Waals surface area contributed by atoms with E-state index in [4.69, 9.17) is 0 Å². The molecule has 2 aromatic rings. The smallest absolute Gasteiger partial charge is 0.162 e. The van der Waals surface area contributed by atoms with Gasteiger partial charge in [0.1, 0.15) is 5.75 Å². The maximum Gasteiger partial charge on any atom is 0.162 e. The van der Waals surface area contributed by atoms with Crippen molar-refractivity contribution < 1.29 is 9.90 Å². The van der Waals surface area contributed by atoms with E-state index in [0.29, 0.717) is 23.2 Å². The van der Waals surface area contributed by atoms with Crippen LogP contribution in [0.5, 0.6) is 5.75 Å². The Bertz CT molecular complexity index is 862. The van der Waals surface area contributed by atoms with Crippen molar-refractivity contribution in [2.24, 2.45) is 22.7 Å². The largest absolute Gasteiger partial charge is 0.507 e. The van der Waals surface area contributed by atoms with Crippen molar-refractivity contribution in [3.63, 3.8) is 0 Å². The first-order chi connectivity index (χ1) is 13.0. The second kappa shape index (κ2) is 8.34. The predicted octanol–water partition coefficient (Wildman–Crippen LogP) is 5.80. The molecule has 3 nitrogen and oxygen atoms in total. The molecular weight excluding hydrogens is 334 g/mol. The number of carbonyl (C=O) groups excluding carboxylic acids is 1. The minimum absolute atomic E-state index is 0.148. The summed E-state index contributed by atoms with van der Waals surface area (Å²) in [6.45, 7) is 6.41. The van der Waals surface area contributed by atoms with Crippen molar-refractivity contribution in [1.29, 1.82) is 0 Å². The van der Waals surface area contributed by atoms with Gasteiger partial charge in [0, 0.05) is 17.7 Å². The summed E-state index contributed by atoms with van der Waals surface area (Å²) < 4.78 is 0. The van der Waals surface area contributed by atoms with Crippen LogP contribution in [0.3, 0.4) is 0 Å². The minimum atomic E-state index is 0.148. The number of rotatable bonds is 4. The number of phenols is 1. The summed E-state index contributed by atoms with van der Waals surface area (Å²) in [5, 5.41) is 9.79. The number of aromatic hydroxyl groups is 1. The number of benzene rings is 2. The third-order valence-corrected chi connectivity index (χ3v) is 5.37. The topological polar surface area (TPSA) is 49.7 Å². The minimum Gasteiger partial charge on any atom is -0.507 e. The maximum atomic E-state index is 12.8. The number of hydrogen-bond acceptors (Lipinski definition) is 3. The molecule has 0 aromatic heterocycles. The van der Waals surface area contributed by atoms with Crippen LogP contribution in [-0.4, -0.2) is 17.1 Å². The van der Waals surface area contributed by atoms with Gasteiger partial charge >= 0.3 is 0 Å². The first kappa shape index (κ1) is 19.1. The molecule has 1 fully saturated rings. The molecule has 1 aliphatic rings. The van der Waals surface area contributed by atoms with Crippen LogP contribution in [-0.2, 0) is 4.79 Å². The fourth-order valence-corrected chi connectivity index (χ4v) is 3.60. The zero-order valence-corrected chi connectivity index (χ0v) is 16.2. The molecule has 0 unspecified atom stereocenters. The molecule has 0 aliphatic heterocycles. The van der Waals surface area contributed by atoms with Crippen molar-refractivity contribution in [2.75, 3.05) is 0 Å². The average molecular weight is 361 g/mol. The lowest BCUT2D eigenvalue weighted by molar-refractivity contribution is -0.122. The molecule has 0 radical (unpaired) electrons. The van der Waals surface area contributed by atoms with Gasteiger partial charge in [-0.25, -0.2) is 0 Å². The van der Waals surface area contributed by atoms with Gasteiger partial charge in [-0.3, -0.25) is 9.79 Å². The third kappa shape index (κ3) is 4.54. The molecule has 0 spiro atoms. The highest BCUT2D eigenvalue weighted by atomic mass is 16.3. The van der Waals surface area contributed by atoms with Crippen LogP contribution in [0.2, 0.25) is 0 Å². The van der Waals surface area contributed by atoms with E-state index >= 15 is 0 Å². The maximum absolute atomic E-state index is 12.8. The summed E-state index contributed by atoms with van der Waals surface area (Å²) in [7, 11) is 0. The molecule has 0 saturated heterocycles. The first-order valence-electron chi connectivity index (χ1n) is 9.63. The molecule has 1 N–H and O–H groups in total. The summed E-state index contributed by atoms with van der Waals surface area (Å²) in [6, 6.07) is 15.0. The Labute approximate surface area is 161 Å². The van der Waals surface area contributed by atoms with Gasteiger partial charge in [0.2, 0.25) is 0 Å². The van der Waals surface area contributed by atoms with Crippen LogP contribution < -0.4 is 0 Å². The number of nitrogens with zero attached hydrogens (tertiary/aromatic N) is 1. The van der Waals surface area contributed by atoms with Crippen LogP contribution in [0.25, 0.3) is 6.08 Å². The first-order valence-corrected chi connectivity index (χ1v) is 9.63. The molecule has 3 heteroatoms. The molecule has 3 rings (SSSR count). The van der Waals surface area contributed by atoms with Crippen LogP contribution in [0, 0.1) is 17.8 Å². The third-order valence-electron chi connectivity index (χ3n) is 5.37. The van der Waals surface area contributed by atoms with Gasteiger partial charge < -0.3 is 5.11 Å². The molecule has 2 atom stereocenters. The van der Waals surface area contributed by atoms with Crippen molar-refractivity contribution in [1.82, 2.24) is 0 Å². The van der Waals surface area contributed by atoms with Crippen molar-refractivity contribution >= 4 is 23.8 Å². The Kier molecular flexibility index (Phi) is 5.90. The highest BCUT2D eigenvalue weighted by Crippen LogP contribution is 2.35. The van der Waals surface area contributed by atoms with Crippen LogP contribution in [0.15, 0.2) is 59.1 Å². The molecular formula is C24H27NO2. The van der Waals surface area contributed by atoms with Gasteiger partial charge in [0.25, 0.3) is 0 Å². The molecule has 1 aliphatic carbocycles. The van der Waals surface area contributed by atoms with Crippen LogP contribution in [0.1, 0.15) is 44.7 Å². The van der Waals surface area contributed by atoms with E-state index in [0.717, 1.165) is 29.7 Å². The van der Waals surface area contributed by atoms with Gasteiger partial charge in [0.05, 0.1) is 5.69 Å². The molecule has 27 heavy (non-hydrogen) atoms. The van der Waals surface area contributed by atoms with Crippen molar-refractivity contribution in [2.45, 2.75) is 33.6 Å². The van der Waals surface area contributed by atoms with Gasteiger partial charge in [-0.1, -0.05) is 45.0 Å². The molecule has 0 heterocycles. The summed E-state index contributed by atoms with van der Waals surface area (Å²) in [5.41, 5.74) is 3.47. The number of aliphatic imine (C=N–C) groups is 1. The molecule has 0 amide bonds. The highest BCUT2D eigenvalue weighted by Gasteiger charge is 2.32. The van der Waals surface area contributed by atoms with Crippen molar-refractivity contribution in [3.05, 3.63) is 65.2 Å². The predicted molar refractivity (Wildman–Crippen MR) is 112 cm³/mol. The van der Waals surface area contributed by atoms with Crippen LogP contribution >= 0.6 is 0 Å². The standard InChI is InChI=1S/C24H27NO2/c1-16(2)21-13-8-17(3)22(24(21)27)14-18-9-11-20(12-10-18)25-15-19-6-4-5-7-23(19)26/h4-7,9-12,14-17,21,26H,8,13H2,1-3H3/b22-14-,25-15?/t17-,21+/m0/s1. The molecule has 0 bridgehead atoms. The van der Waals surface area contributed by atoms with E-state index in [-0.39, 0.29) is 11.7 Å². The quantitative estimate of drug-likeness (QED) is 0.553. The summed E-state index contributed by atoms with van der Waals surface area (Å²) in [5.74, 6) is 1.37. The van der Waals surface area contributed by atoms with Gasteiger partial charge in [-0.2, -0.15) is 0 Å². The second-order valence-electron chi connectivity index (χ2n) is 7.70. The molecule has 1 saturated carbocycles. The zero-order valence-electron chi connectivity index (χ0n) is 16.2. The number of carbonyl (C=O) groups is 1. The summed E-state index contributed by atoms with van der Waals surface area (Å²) in [6.07, 6.45) is 5.76. The SMILES string of the molecule is CC(C)[C@H]1CC[C@H](C)/C(=C/c2ccc(N=Cc3ccccc3O)cc2)C1=O. The number of allylic oxidation sites excluding steroid dienone is 1. The second-order valence-corrected chi connectivity index (χ2v) is 7.70. The van der Waals surface area contributed by atoms with E-state index in [1.54, 1.807) is 18.3 Å². The van der Waals surface area contributed by atoms with E-state index in [9.17, 15) is 9.90 Å². The Morgan fingerprint density at radius 3 is 2.44 bits per heavy atom. The number of ketones is 1. The molecule has 140 valence electrons. The lowest BCUT2D eigenvalue weighted by atomic mass is 9.73. The lowest BCUT2D eigenvalue weighted by Gasteiger charge is -2.30. The number of para-hydroxylation sites is 1. The average Bonchev–Trinajstić information content (AvgIpc) is 2.65. The summed E-state index contributed by atoms with van der Waals surface area (Å²) in [4.78, 5) is 17.2. The highest BCUT2D eigenvalue weighted by molar-refractivity contribution is 6.02. The van der Waals surface area contributed by atoms with E-state index in [2.05, 4.69) is 25.8 Å². The van der Waals surface area contributed by atoms with E-state index in [1.165, 1.54) is 0 Å². The fourth-order valence-electron chi connectivity index (χ4n) is 3.60. The monoisotopic (exact) mass is 361 g/mol. The van der Waals surface area contributed by atoms with Gasteiger partial charge in [-0.05, 0) is 66.2 Å². The zero-order chi connectivity index (χ0) is 19.4. The van der Waals surface area contributed by atoms with Crippen LogP contribution in [0.4, 0.5) is 5.69 Å². The van der Waals surface area contributed by atoms with Gasteiger partial charge in [0.15, 0.2) is 5.78 Å². The Balaban J connectivity index is 1.78. The Morgan fingerprint density at radius 1 is 1.07 bits per heavy atom. The number of Topliss-reactive ketones (excluding diaryl/α,β-unsaturated/α-hetero) is 1. The fraction of sp³-hybridized carbons (Fsp3) is 0.333. The van der Waals surface area contributed by atoms with Crippen molar-refractivity contribution in [3.8, 4) is 5.75 Å². The van der Waals surface area contributed by atoms with E-state index < -0.39 is 0 Å². The van der Waals surface area contributed by atoms with Gasteiger partial charge in [-0.15, -0.1) is 0 Å². The number of phenolic OH excluding ortho intramolecular Hbond substituents is 1. The lowest BCUT2D eigenvalue weighted by Crippen LogP contribution is -2.30. The normalized spacial score (nSPS) is 22.1. The Morgan fingerprint density at radius 2 is 1.78 bits per heavy atom.